The molecule has 0 radical (unpaired) electrons. The molecule has 2 N–H and O–H groups in total. The van der Waals surface area contributed by atoms with Crippen molar-refractivity contribution in [2.24, 2.45) is 0 Å². The summed E-state index contributed by atoms with van der Waals surface area (Å²) in [4.78, 5) is 12.0. The lowest BCUT2D eigenvalue weighted by atomic mass is 10.1. The van der Waals surface area contributed by atoms with Crippen molar-refractivity contribution in [1.29, 1.82) is 0 Å². The van der Waals surface area contributed by atoms with E-state index in [0.29, 0.717) is 25.1 Å². The van der Waals surface area contributed by atoms with Gasteiger partial charge in [0.05, 0.1) is 12.6 Å². The van der Waals surface area contributed by atoms with Gasteiger partial charge in [-0.25, -0.2) is 4.39 Å². The minimum Gasteiger partial charge on any atom is -0.493 e. The van der Waals surface area contributed by atoms with Crippen LogP contribution in [0.5, 0.6) is 5.75 Å². The maximum absolute atomic E-state index is 13.6. The molecule has 1 amide bonds. The fourth-order valence-corrected chi connectivity index (χ4v) is 3.10. The molecule has 1 heterocycles. The summed E-state index contributed by atoms with van der Waals surface area (Å²) in [5.41, 5.74) is 1.72. The van der Waals surface area contributed by atoms with Crippen LogP contribution >= 0.6 is 0 Å². The lowest BCUT2D eigenvalue weighted by molar-refractivity contribution is -0.122. The van der Waals surface area contributed by atoms with Gasteiger partial charge in [-0.2, -0.15) is 0 Å². The van der Waals surface area contributed by atoms with Crippen LogP contribution in [0.3, 0.4) is 0 Å². The number of hydrogen-bond acceptors (Lipinski definition) is 3. The summed E-state index contributed by atoms with van der Waals surface area (Å²) >= 11 is 0. The SMILES string of the molecule is O=C1NCCCC[C@@H]1NCc1cccc(OCCc2ccccc2F)c1. The highest BCUT2D eigenvalue weighted by Crippen LogP contribution is 2.15. The van der Waals surface area contributed by atoms with Crippen molar-refractivity contribution in [3.05, 3.63) is 65.5 Å². The molecule has 1 aliphatic rings. The molecule has 0 saturated carbocycles. The Morgan fingerprint density at radius 3 is 2.92 bits per heavy atom. The van der Waals surface area contributed by atoms with E-state index in [1.807, 2.05) is 30.3 Å². The van der Waals surface area contributed by atoms with E-state index in [0.717, 1.165) is 37.1 Å². The van der Waals surface area contributed by atoms with Crippen LogP contribution in [0.4, 0.5) is 4.39 Å². The molecule has 1 fully saturated rings. The predicted octanol–water partition coefficient (Wildman–Crippen LogP) is 3.21. The van der Waals surface area contributed by atoms with E-state index >= 15 is 0 Å². The number of carbonyl (C=O) groups is 1. The molecular weight excluding hydrogens is 331 g/mol. The van der Waals surface area contributed by atoms with Crippen LogP contribution in [0.25, 0.3) is 0 Å². The molecule has 3 rings (SSSR count). The molecule has 2 aromatic rings. The lowest BCUT2D eigenvalue weighted by Crippen LogP contribution is -2.42. The van der Waals surface area contributed by atoms with Gasteiger partial charge in [0.2, 0.25) is 5.91 Å². The topological polar surface area (TPSA) is 50.4 Å². The molecule has 1 atom stereocenters. The number of benzene rings is 2. The summed E-state index contributed by atoms with van der Waals surface area (Å²) in [6, 6.07) is 14.4. The number of ether oxygens (including phenoxy) is 1. The van der Waals surface area contributed by atoms with Crippen LogP contribution in [0.1, 0.15) is 30.4 Å². The van der Waals surface area contributed by atoms with E-state index < -0.39 is 0 Å². The molecule has 26 heavy (non-hydrogen) atoms. The van der Waals surface area contributed by atoms with Gasteiger partial charge in [0.1, 0.15) is 11.6 Å². The van der Waals surface area contributed by atoms with Crippen molar-refractivity contribution in [1.82, 2.24) is 10.6 Å². The zero-order chi connectivity index (χ0) is 18.2. The molecule has 0 unspecified atom stereocenters. The second-order valence-electron chi connectivity index (χ2n) is 6.56. The van der Waals surface area contributed by atoms with Gasteiger partial charge in [0.25, 0.3) is 0 Å². The molecular formula is C21H25FN2O2. The third-order valence-corrected chi connectivity index (χ3v) is 4.58. The molecule has 0 spiro atoms. The van der Waals surface area contributed by atoms with Crippen molar-refractivity contribution >= 4 is 5.91 Å². The second-order valence-corrected chi connectivity index (χ2v) is 6.56. The van der Waals surface area contributed by atoms with Gasteiger partial charge in [-0.3, -0.25) is 4.79 Å². The zero-order valence-corrected chi connectivity index (χ0v) is 14.8. The Balaban J connectivity index is 1.49. The van der Waals surface area contributed by atoms with E-state index in [1.165, 1.54) is 6.07 Å². The van der Waals surface area contributed by atoms with Crippen LogP contribution < -0.4 is 15.4 Å². The molecule has 0 bridgehead atoms. The zero-order valence-electron chi connectivity index (χ0n) is 14.8. The van der Waals surface area contributed by atoms with Crippen LogP contribution in [0, 0.1) is 5.82 Å². The average Bonchev–Trinajstić information content (AvgIpc) is 2.86. The van der Waals surface area contributed by atoms with Gasteiger partial charge in [-0.1, -0.05) is 30.3 Å². The van der Waals surface area contributed by atoms with Gasteiger partial charge in [0, 0.05) is 19.5 Å². The third kappa shape index (κ3) is 5.30. The highest BCUT2D eigenvalue weighted by Gasteiger charge is 2.19. The number of carbonyl (C=O) groups excluding carboxylic acids is 1. The molecule has 4 nitrogen and oxygen atoms in total. The maximum Gasteiger partial charge on any atom is 0.237 e. The van der Waals surface area contributed by atoms with Crippen LogP contribution in [-0.2, 0) is 17.8 Å². The number of amides is 1. The van der Waals surface area contributed by atoms with E-state index in [-0.39, 0.29) is 17.8 Å². The Hall–Kier alpha value is -2.40. The van der Waals surface area contributed by atoms with Gasteiger partial charge in [-0.05, 0) is 48.6 Å². The first-order valence-electron chi connectivity index (χ1n) is 9.18. The van der Waals surface area contributed by atoms with Crippen molar-refractivity contribution in [3.63, 3.8) is 0 Å². The predicted molar refractivity (Wildman–Crippen MR) is 99.5 cm³/mol. The fourth-order valence-electron chi connectivity index (χ4n) is 3.10. The van der Waals surface area contributed by atoms with Gasteiger partial charge in [0.15, 0.2) is 0 Å². The number of nitrogens with one attached hydrogen (secondary N) is 2. The highest BCUT2D eigenvalue weighted by atomic mass is 19.1. The van der Waals surface area contributed by atoms with Crippen molar-refractivity contribution in [3.8, 4) is 5.75 Å². The maximum atomic E-state index is 13.6. The van der Waals surface area contributed by atoms with Crippen molar-refractivity contribution in [2.75, 3.05) is 13.2 Å². The minimum absolute atomic E-state index is 0.0831. The van der Waals surface area contributed by atoms with Crippen molar-refractivity contribution in [2.45, 2.75) is 38.3 Å². The fraction of sp³-hybridized carbons (Fsp3) is 0.381. The molecule has 5 heteroatoms. The third-order valence-electron chi connectivity index (χ3n) is 4.58. The Morgan fingerprint density at radius 2 is 2.04 bits per heavy atom. The highest BCUT2D eigenvalue weighted by molar-refractivity contribution is 5.81. The van der Waals surface area contributed by atoms with Crippen LogP contribution in [0.15, 0.2) is 48.5 Å². The van der Waals surface area contributed by atoms with E-state index in [1.54, 1.807) is 12.1 Å². The molecule has 0 aromatic heterocycles. The largest absolute Gasteiger partial charge is 0.493 e. The molecule has 138 valence electrons. The molecule has 0 aliphatic carbocycles. The summed E-state index contributed by atoms with van der Waals surface area (Å²) in [6.45, 7) is 1.80. The van der Waals surface area contributed by atoms with Crippen molar-refractivity contribution < 1.29 is 13.9 Å². The molecule has 2 aromatic carbocycles. The van der Waals surface area contributed by atoms with Gasteiger partial charge in [-0.15, -0.1) is 0 Å². The Labute approximate surface area is 153 Å². The molecule has 1 saturated heterocycles. The van der Waals surface area contributed by atoms with Gasteiger partial charge >= 0.3 is 0 Å². The van der Waals surface area contributed by atoms with Crippen LogP contribution in [0.2, 0.25) is 0 Å². The first kappa shape index (κ1) is 18.4. The van der Waals surface area contributed by atoms with Crippen LogP contribution in [-0.4, -0.2) is 25.1 Å². The normalized spacial score (nSPS) is 17.4. The Bertz CT molecular complexity index is 735. The first-order chi connectivity index (χ1) is 12.7. The second kappa shape index (κ2) is 9.34. The summed E-state index contributed by atoms with van der Waals surface area (Å²) in [7, 11) is 0. The minimum atomic E-state index is -0.198. The monoisotopic (exact) mass is 356 g/mol. The Morgan fingerprint density at radius 1 is 1.15 bits per heavy atom. The summed E-state index contributed by atoms with van der Waals surface area (Å²) in [5.74, 6) is 0.640. The summed E-state index contributed by atoms with van der Waals surface area (Å²) < 4.78 is 19.4. The van der Waals surface area contributed by atoms with E-state index in [2.05, 4.69) is 10.6 Å². The number of hydrogen-bond donors (Lipinski definition) is 2. The number of halogens is 1. The molecule has 1 aliphatic heterocycles. The lowest BCUT2D eigenvalue weighted by Gasteiger charge is -2.15. The van der Waals surface area contributed by atoms with E-state index in [9.17, 15) is 9.18 Å². The quantitative estimate of drug-likeness (QED) is 0.801. The summed E-state index contributed by atoms with van der Waals surface area (Å²) in [5, 5.41) is 6.26. The van der Waals surface area contributed by atoms with E-state index in [4.69, 9.17) is 4.74 Å². The first-order valence-corrected chi connectivity index (χ1v) is 9.18. The number of rotatable bonds is 7. The smallest absolute Gasteiger partial charge is 0.237 e. The standard InChI is InChI=1S/C21H25FN2O2/c22-19-9-2-1-7-17(19)11-13-26-18-8-5-6-16(14-18)15-24-20-10-3-4-12-23-21(20)25/h1-2,5-9,14,20,24H,3-4,10-13,15H2,(H,23,25)/t20-/m0/s1. The summed E-state index contributed by atoms with van der Waals surface area (Å²) in [6.07, 6.45) is 3.48. The average molecular weight is 356 g/mol. The Kier molecular flexibility index (Phi) is 6.61. The van der Waals surface area contributed by atoms with Gasteiger partial charge < -0.3 is 15.4 Å².